The van der Waals surface area contributed by atoms with Crippen LogP contribution in [-0.2, 0) is 11.3 Å². The van der Waals surface area contributed by atoms with Crippen LogP contribution >= 0.6 is 11.6 Å². The lowest BCUT2D eigenvalue weighted by atomic mass is 10.2. The van der Waals surface area contributed by atoms with Crippen LogP contribution in [0.3, 0.4) is 0 Å². The van der Waals surface area contributed by atoms with E-state index in [0.29, 0.717) is 17.3 Å². The Labute approximate surface area is 165 Å². The third kappa shape index (κ3) is 6.86. The highest BCUT2D eigenvalue weighted by Gasteiger charge is 2.16. The summed E-state index contributed by atoms with van der Waals surface area (Å²) in [5, 5.41) is 3.57. The lowest BCUT2D eigenvalue weighted by Gasteiger charge is -2.34. The molecule has 1 fully saturated rings. The van der Waals surface area contributed by atoms with Gasteiger partial charge in [-0.1, -0.05) is 41.9 Å². The van der Waals surface area contributed by atoms with E-state index < -0.39 is 0 Å². The van der Waals surface area contributed by atoms with Crippen molar-refractivity contribution < 1.29 is 9.53 Å². The Balaban J connectivity index is 1.27. The molecule has 27 heavy (non-hydrogen) atoms. The van der Waals surface area contributed by atoms with Crippen molar-refractivity contribution in [1.82, 2.24) is 15.1 Å². The average Bonchev–Trinajstić information content (AvgIpc) is 2.70. The van der Waals surface area contributed by atoms with E-state index in [1.54, 1.807) is 24.3 Å². The molecule has 3 rings (SSSR count). The number of benzene rings is 2. The third-order valence-corrected chi connectivity index (χ3v) is 4.90. The van der Waals surface area contributed by atoms with Crippen molar-refractivity contribution in [3.8, 4) is 5.75 Å². The van der Waals surface area contributed by atoms with Gasteiger partial charge in [-0.05, 0) is 29.8 Å². The Morgan fingerprint density at radius 1 is 0.963 bits per heavy atom. The molecule has 1 aliphatic heterocycles. The Kier molecular flexibility index (Phi) is 7.51. The number of hydrogen-bond acceptors (Lipinski definition) is 4. The molecule has 0 radical (unpaired) electrons. The van der Waals surface area contributed by atoms with E-state index in [9.17, 15) is 4.79 Å². The molecule has 1 aliphatic rings. The minimum atomic E-state index is -0.104. The van der Waals surface area contributed by atoms with E-state index in [1.165, 1.54) is 5.56 Å². The van der Waals surface area contributed by atoms with Crippen LogP contribution in [0.15, 0.2) is 54.6 Å². The van der Waals surface area contributed by atoms with Crippen LogP contribution in [0.1, 0.15) is 5.56 Å². The predicted molar refractivity (Wildman–Crippen MR) is 108 cm³/mol. The minimum Gasteiger partial charge on any atom is -0.484 e. The zero-order chi connectivity index (χ0) is 18.9. The second kappa shape index (κ2) is 10.3. The zero-order valence-electron chi connectivity index (χ0n) is 15.4. The van der Waals surface area contributed by atoms with Gasteiger partial charge in [0, 0.05) is 50.8 Å². The van der Waals surface area contributed by atoms with E-state index in [2.05, 4.69) is 45.4 Å². The van der Waals surface area contributed by atoms with E-state index >= 15 is 0 Å². The second-order valence-corrected chi connectivity index (χ2v) is 7.13. The molecule has 5 nitrogen and oxygen atoms in total. The van der Waals surface area contributed by atoms with E-state index in [-0.39, 0.29) is 12.5 Å². The Morgan fingerprint density at radius 3 is 2.33 bits per heavy atom. The summed E-state index contributed by atoms with van der Waals surface area (Å²) in [6, 6.07) is 17.6. The molecule has 1 amide bonds. The van der Waals surface area contributed by atoms with Crippen molar-refractivity contribution in [1.29, 1.82) is 0 Å². The molecule has 0 bridgehead atoms. The molecule has 1 N–H and O–H groups in total. The number of nitrogens with zero attached hydrogens (tertiary/aromatic N) is 2. The van der Waals surface area contributed by atoms with Gasteiger partial charge in [0.2, 0.25) is 0 Å². The van der Waals surface area contributed by atoms with Crippen molar-refractivity contribution in [3.05, 3.63) is 65.2 Å². The summed E-state index contributed by atoms with van der Waals surface area (Å²) in [5.41, 5.74) is 1.36. The normalized spacial score (nSPS) is 15.4. The fourth-order valence-corrected chi connectivity index (χ4v) is 3.22. The second-order valence-electron chi connectivity index (χ2n) is 6.70. The number of rotatable bonds is 8. The van der Waals surface area contributed by atoms with Crippen LogP contribution < -0.4 is 10.1 Å². The molecule has 0 spiro atoms. The fraction of sp³-hybridized carbons (Fsp3) is 0.381. The maximum absolute atomic E-state index is 11.9. The molecule has 0 aromatic heterocycles. The number of nitrogens with one attached hydrogen (secondary N) is 1. The summed E-state index contributed by atoms with van der Waals surface area (Å²) in [5.74, 6) is 0.539. The maximum atomic E-state index is 11.9. The summed E-state index contributed by atoms with van der Waals surface area (Å²) >= 11 is 5.82. The van der Waals surface area contributed by atoms with Gasteiger partial charge >= 0.3 is 0 Å². The summed E-state index contributed by atoms with van der Waals surface area (Å²) in [6.45, 7) is 6.71. The minimum absolute atomic E-state index is 0.0203. The molecule has 1 saturated heterocycles. The number of halogens is 1. The van der Waals surface area contributed by atoms with Crippen molar-refractivity contribution in [2.24, 2.45) is 0 Å². The smallest absolute Gasteiger partial charge is 0.257 e. The standard InChI is InChI=1S/C21H26ClN3O2/c22-19-6-8-20(9-7-19)27-17-21(26)23-10-11-24-12-14-25(15-13-24)16-18-4-2-1-3-5-18/h1-9H,10-17H2,(H,23,26). The first-order chi connectivity index (χ1) is 13.2. The van der Waals surface area contributed by atoms with Crippen LogP contribution in [0.25, 0.3) is 0 Å². The molecular weight excluding hydrogens is 362 g/mol. The SMILES string of the molecule is O=C(COc1ccc(Cl)cc1)NCCN1CCN(Cc2ccccc2)CC1. The lowest BCUT2D eigenvalue weighted by Crippen LogP contribution is -2.48. The van der Waals surface area contributed by atoms with Gasteiger partial charge in [-0.25, -0.2) is 0 Å². The summed E-state index contributed by atoms with van der Waals surface area (Å²) < 4.78 is 5.45. The maximum Gasteiger partial charge on any atom is 0.257 e. The van der Waals surface area contributed by atoms with Crippen LogP contribution in [0.4, 0.5) is 0 Å². The topological polar surface area (TPSA) is 44.8 Å². The molecule has 0 aliphatic carbocycles. The van der Waals surface area contributed by atoms with Gasteiger partial charge in [0.15, 0.2) is 6.61 Å². The fourth-order valence-electron chi connectivity index (χ4n) is 3.10. The largest absolute Gasteiger partial charge is 0.484 e. The average molecular weight is 388 g/mol. The molecule has 2 aromatic carbocycles. The lowest BCUT2D eigenvalue weighted by molar-refractivity contribution is -0.123. The van der Waals surface area contributed by atoms with Crippen molar-refractivity contribution in [3.63, 3.8) is 0 Å². The Bertz CT molecular complexity index is 701. The van der Waals surface area contributed by atoms with Crippen LogP contribution in [0.2, 0.25) is 5.02 Å². The van der Waals surface area contributed by atoms with Gasteiger partial charge in [0.05, 0.1) is 0 Å². The highest BCUT2D eigenvalue weighted by molar-refractivity contribution is 6.30. The number of hydrogen-bond donors (Lipinski definition) is 1. The quantitative estimate of drug-likeness (QED) is 0.756. The molecule has 0 atom stereocenters. The Hall–Kier alpha value is -2.08. The molecule has 2 aromatic rings. The number of carbonyl (C=O) groups is 1. The zero-order valence-corrected chi connectivity index (χ0v) is 16.2. The van der Waals surface area contributed by atoms with Crippen molar-refractivity contribution >= 4 is 17.5 Å². The predicted octanol–water partition coefficient (Wildman–Crippen LogP) is 2.65. The Morgan fingerprint density at radius 2 is 1.63 bits per heavy atom. The van der Waals surface area contributed by atoms with Crippen molar-refractivity contribution in [2.45, 2.75) is 6.54 Å². The van der Waals surface area contributed by atoms with Gasteiger partial charge in [-0.3, -0.25) is 14.6 Å². The third-order valence-electron chi connectivity index (χ3n) is 4.65. The van der Waals surface area contributed by atoms with E-state index in [1.807, 2.05) is 0 Å². The summed E-state index contributed by atoms with van der Waals surface area (Å²) in [4.78, 5) is 16.8. The van der Waals surface area contributed by atoms with Gasteiger partial charge in [0.1, 0.15) is 5.75 Å². The molecule has 0 saturated carbocycles. The van der Waals surface area contributed by atoms with Crippen LogP contribution in [-0.4, -0.2) is 61.6 Å². The number of ether oxygens (including phenoxy) is 1. The first-order valence-corrected chi connectivity index (χ1v) is 9.70. The molecule has 0 unspecified atom stereocenters. The highest BCUT2D eigenvalue weighted by Crippen LogP contribution is 2.15. The van der Waals surface area contributed by atoms with Crippen LogP contribution in [0, 0.1) is 0 Å². The van der Waals surface area contributed by atoms with Gasteiger partial charge in [0.25, 0.3) is 5.91 Å². The van der Waals surface area contributed by atoms with E-state index in [0.717, 1.165) is 39.3 Å². The van der Waals surface area contributed by atoms with Crippen molar-refractivity contribution in [2.75, 3.05) is 45.9 Å². The van der Waals surface area contributed by atoms with Crippen LogP contribution in [0.5, 0.6) is 5.75 Å². The highest BCUT2D eigenvalue weighted by atomic mass is 35.5. The molecular formula is C21H26ClN3O2. The summed E-state index contributed by atoms with van der Waals surface area (Å²) in [7, 11) is 0. The van der Waals surface area contributed by atoms with E-state index in [4.69, 9.17) is 16.3 Å². The summed E-state index contributed by atoms with van der Waals surface area (Å²) in [6.07, 6.45) is 0. The number of piperazine rings is 1. The van der Waals surface area contributed by atoms with Gasteiger partial charge in [-0.15, -0.1) is 0 Å². The number of amides is 1. The molecule has 1 heterocycles. The van der Waals surface area contributed by atoms with Gasteiger partial charge in [-0.2, -0.15) is 0 Å². The monoisotopic (exact) mass is 387 g/mol. The van der Waals surface area contributed by atoms with Gasteiger partial charge < -0.3 is 10.1 Å². The molecule has 6 heteroatoms. The first-order valence-electron chi connectivity index (χ1n) is 9.33. The molecule has 144 valence electrons. The number of carbonyl (C=O) groups excluding carboxylic acids is 1. The first kappa shape index (κ1) is 19.7.